The summed E-state index contributed by atoms with van der Waals surface area (Å²) in [6.07, 6.45) is 1.68. The number of likely N-dealkylation sites (tertiary alicyclic amines) is 1. The Hall–Kier alpha value is -1.95. The number of ketones is 1. The molecule has 4 rings (SSSR count). The maximum Gasteiger partial charge on any atom is 0.353 e. The second kappa shape index (κ2) is 10.2. The van der Waals surface area contributed by atoms with Crippen LogP contribution in [0.4, 0.5) is 0 Å². The smallest absolute Gasteiger partial charge is 0.353 e. The highest BCUT2D eigenvalue weighted by Gasteiger charge is 2.60. The summed E-state index contributed by atoms with van der Waals surface area (Å²) in [4.78, 5) is 54.0. The molecule has 0 aromatic heterocycles. The highest BCUT2D eigenvalue weighted by atomic mass is 32.2. The molecule has 194 valence electrons. The van der Waals surface area contributed by atoms with Gasteiger partial charge in [0.05, 0.1) is 18.0 Å². The van der Waals surface area contributed by atoms with Gasteiger partial charge in [-0.2, -0.15) is 0 Å². The van der Waals surface area contributed by atoms with Gasteiger partial charge in [-0.05, 0) is 32.7 Å². The fourth-order valence-electron chi connectivity index (χ4n) is 6.36. The standard InChI is InChI=1S/C24H37N5O5S/c1-11(5-12(2)30)18-19-13(3)21(20(24(33)34)29(19)23(18)32)35-16-7-17(27-9-16)22(31)28-10-14(25)6-15(28)8-26-4/h11,13-19,26-27H,5-10,25H2,1-4H3,(H,33,34)/t11-,13+,14-,15-,16-,17-,18+,19+/m0/s1. The van der Waals surface area contributed by atoms with E-state index in [2.05, 4.69) is 10.6 Å². The third kappa shape index (κ3) is 4.75. The molecular weight excluding hydrogens is 470 g/mol. The van der Waals surface area contributed by atoms with Gasteiger partial charge in [-0.1, -0.05) is 13.8 Å². The molecule has 0 bridgehead atoms. The molecule has 0 aromatic carbocycles. The highest BCUT2D eigenvalue weighted by Crippen LogP contribution is 2.53. The fourth-order valence-corrected chi connectivity index (χ4v) is 7.84. The SMILES string of the molecule is CNC[C@@H]1C[C@H](N)CN1C(=O)[C@@H]1C[C@H](SC2=C(C(=O)O)N3C(=O)[C@H]([C@@H](C)CC(C)=O)[C@H]3[C@H]2C)CN1. The van der Waals surface area contributed by atoms with E-state index < -0.39 is 5.97 Å². The molecule has 0 radical (unpaired) electrons. The third-order valence-corrected chi connectivity index (χ3v) is 9.38. The number of Topliss-reactive ketones (excluding diaryl/α,β-unsaturated/α-hetero) is 1. The second-order valence-corrected chi connectivity index (χ2v) is 11.9. The zero-order valence-electron chi connectivity index (χ0n) is 20.8. The molecule has 35 heavy (non-hydrogen) atoms. The molecular formula is C24H37N5O5S. The lowest BCUT2D eigenvalue weighted by atomic mass is 9.73. The molecule has 4 aliphatic heterocycles. The van der Waals surface area contributed by atoms with Crippen LogP contribution in [0.5, 0.6) is 0 Å². The lowest BCUT2D eigenvalue weighted by Crippen LogP contribution is -2.62. The number of nitrogens with one attached hydrogen (secondary N) is 2. The molecule has 10 nitrogen and oxygen atoms in total. The van der Waals surface area contributed by atoms with Gasteiger partial charge < -0.3 is 36.1 Å². The number of aliphatic carboxylic acids is 1. The number of thioether (sulfide) groups is 1. The van der Waals surface area contributed by atoms with E-state index >= 15 is 0 Å². The summed E-state index contributed by atoms with van der Waals surface area (Å²) in [5.41, 5.74) is 6.19. The predicted molar refractivity (Wildman–Crippen MR) is 132 cm³/mol. The van der Waals surface area contributed by atoms with Gasteiger partial charge in [0, 0.05) is 54.2 Å². The van der Waals surface area contributed by atoms with Gasteiger partial charge in [-0.25, -0.2) is 4.79 Å². The van der Waals surface area contributed by atoms with Crippen molar-refractivity contribution in [1.82, 2.24) is 20.4 Å². The summed E-state index contributed by atoms with van der Waals surface area (Å²) in [5.74, 6) is -1.84. The molecule has 8 atom stereocenters. The highest BCUT2D eigenvalue weighted by molar-refractivity contribution is 8.03. The first-order valence-corrected chi connectivity index (χ1v) is 13.3. The zero-order chi connectivity index (χ0) is 25.6. The van der Waals surface area contributed by atoms with Crippen molar-refractivity contribution in [3.8, 4) is 0 Å². The molecule has 0 spiro atoms. The number of carboxylic acids is 1. The van der Waals surface area contributed by atoms with Crippen molar-refractivity contribution >= 4 is 35.3 Å². The Morgan fingerprint density at radius 2 is 2.03 bits per heavy atom. The molecule has 4 heterocycles. The van der Waals surface area contributed by atoms with Crippen LogP contribution in [0, 0.1) is 17.8 Å². The van der Waals surface area contributed by atoms with Crippen LogP contribution in [-0.4, -0.2) is 94.6 Å². The van der Waals surface area contributed by atoms with Gasteiger partial charge in [0.15, 0.2) is 0 Å². The van der Waals surface area contributed by atoms with Gasteiger partial charge in [0.2, 0.25) is 11.8 Å². The van der Waals surface area contributed by atoms with Crippen molar-refractivity contribution < 1.29 is 24.3 Å². The van der Waals surface area contributed by atoms with Crippen LogP contribution in [0.3, 0.4) is 0 Å². The minimum absolute atomic E-state index is 0.0214. The van der Waals surface area contributed by atoms with E-state index in [1.165, 1.54) is 23.6 Å². The van der Waals surface area contributed by atoms with Gasteiger partial charge >= 0.3 is 5.97 Å². The first-order chi connectivity index (χ1) is 16.5. The maximum absolute atomic E-state index is 13.2. The Kier molecular flexibility index (Phi) is 7.61. The van der Waals surface area contributed by atoms with Crippen molar-refractivity contribution in [2.24, 2.45) is 23.5 Å². The molecule has 0 unspecified atom stereocenters. The maximum atomic E-state index is 13.2. The number of hydrogen-bond donors (Lipinski definition) is 4. The number of nitrogens with two attached hydrogens (primary N) is 1. The minimum atomic E-state index is -1.10. The van der Waals surface area contributed by atoms with E-state index in [1.807, 2.05) is 25.8 Å². The van der Waals surface area contributed by atoms with Crippen LogP contribution >= 0.6 is 11.8 Å². The number of fused-ring (bicyclic) bond motifs is 1. The number of hydrogen-bond acceptors (Lipinski definition) is 8. The summed E-state index contributed by atoms with van der Waals surface area (Å²) in [5, 5.41) is 16.4. The van der Waals surface area contributed by atoms with E-state index in [9.17, 15) is 24.3 Å². The topological polar surface area (TPSA) is 145 Å². The van der Waals surface area contributed by atoms with E-state index in [0.29, 0.717) is 37.4 Å². The van der Waals surface area contributed by atoms with Crippen LogP contribution in [-0.2, 0) is 19.2 Å². The number of carbonyl (C=O) groups is 4. The molecule has 5 N–H and O–H groups in total. The molecule has 2 amide bonds. The first kappa shape index (κ1) is 26.1. The monoisotopic (exact) mass is 507 g/mol. The predicted octanol–water partition coefficient (Wildman–Crippen LogP) is -0.0142. The summed E-state index contributed by atoms with van der Waals surface area (Å²) < 4.78 is 0. The number of carbonyl (C=O) groups excluding carboxylic acids is 3. The normalized spacial score (nSPS) is 35.3. The summed E-state index contributed by atoms with van der Waals surface area (Å²) in [6, 6.07) is -0.502. The molecule has 4 aliphatic rings. The lowest BCUT2D eigenvalue weighted by molar-refractivity contribution is -0.160. The molecule has 0 aromatic rings. The number of amides is 2. The van der Waals surface area contributed by atoms with Gasteiger partial charge in [0.1, 0.15) is 11.5 Å². The van der Waals surface area contributed by atoms with Crippen LogP contribution in [0.15, 0.2) is 10.6 Å². The van der Waals surface area contributed by atoms with E-state index in [-0.39, 0.29) is 70.5 Å². The van der Waals surface area contributed by atoms with Gasteiger partial charge in [-0.3, -0.25) is 9.59 Å². The Morgan fingerprint density at radius 3 is 2.66 bits per heavy atom. The summed E-state index contributed by atoms with van der Waals surface area (Å²) in [7, 11) is 1.86. The third-order valence-electron chi connectivity index (χ3n) is 7.87. The molecule has 0 saturated carbocycles. The Balaban J connectivity index is 1.44. The summed E-state index contributed by atoms with van der Waals surface area (Å²) >= 11 is 1.48. The number of carboxylic acid groups (broad SMARTS) is 1. The largest absolute Gasteiger partial charge is 0.477 e. The van der Waals surface area contributed by atoms with E-state index in [0.717, 1.165) is 6.42 Å². The molecule has 3 fully saturated rings. The van der Waals surface area contributed by atoms with E-state index in [1.54, 1.807) is 0 Å². The van der Waals surface area contributed by atoms with Crippen molar-refractivity contribution in [2.45, 2.75) is 69.5 Å². The number of rotatable bonds is 9. The second-order valence-electron chi connectivity index (χ2n) is 10.5. The number of nitrogens with zero attached hydrogens (tertiary/aromatic N) is 2. The first-order valence-electron chi connectivity index (χ1n) is 12.5. The van der Waals surface area contributed by atoms with Crippen molar-refractivity contribution in [3.63, 3.8) is 0 Å². The van der Waals surface area contributed by atoms with Gasteiger partial charge in [0.25, 0.3) is 0 Å². The van der Waals surface area contributed by atoms with Gasteiger partial charge in [-0.15, -0.1) is 11.8 Å². The number of β-lactam (4-membered cyclic amide) rings is 1. The fraction of sp³-hybridized carbons (Fsp3) is 0.750. The van der Waals surface area contributed by atoms with E-state index in [4.69, 9.17) is 5.73 Å². The zero-order valence-corrected chi connectivity index (χ0v) is 21.6. The average molecular weight is 508 g/mol. The van der Waals surface area contributed by atoms with Crippen molar-refractivity contribution in [2.75, 3.05) is 26.7 Å². The quantitative estimate of drug-likeness (QED) is 0.317. The molecule has 3 saturated heterocycles. The Morgan fingerprint density at radius 1 is 1.31 bits per heavy atom. The Labute approximate surface area is 210 Å². The van der Waals surface area contributed by atoms with Crippen LogP contribution < -0.4 is 16.4 Å². The summed E-state index contributed by atoms with van der Waals surface area (Å²) in [6.45, 7) is 7.20. The van der Waals surface area contributed by atoms with Crippen LogP contribution in [0.1, 0.15) is 40.0 Å². The lowest BCUT2D eigenvalue weighted by Gasteiger charge is -2.47. The minimum Gasteiger partial charge on any atom is -0.477 e. The van der Waals surface area contributed by atoms with Crippen LogP contribution in [0.25, 0.3) is 0 Å². The van der Waals surface area contributed by atoms with Crippen LogP contribution in [0.2, 0.25) is 0 Å². The average Bonchev–Trinajstić information content (AvgIpc) is 3.44. The van der Waals surface area contributed by atoms with Crippen molar-refractivity contribution in [1.29, 1.82) is 0 Å². The molecule has 0 aliphatic carbocycles. The molecule has 11 heteroatoms. The Bertz CT molecular complexity index is 941. The van der Waals surface area contributed by atoms with Crippen molar-refractivity contribution in [3.05, 3.63) is 10.6 Å². The number of likely N-dealkylation sites (N-methyl/N-ethyl adjacent to an activating group) is 1.